The predicted molar refractivity (Wildman–Crippen MR) is 82.8 cm³/mol. The second-order valence-corrected chi connectivity index (χ2v) is 7.57. The summed E-state index contributed by atoms with van der Waals surface area (Å²) < 4.78 is 27.1. The molecule has 0 unspecified atom stereocenters. The smallest absolute Gasteiger partial charge is 0.317 e. The van der Waals surface area contributed by atoms with Gasteiger partial charge in [-0.2, -0.15) is 0 Å². The maximum absolute atomic E-state index is 12.3. The van der Waals surface area contributed by atoms with Crippen LogP contribution in [0.5, 0.6) is 0 Å². The molecule has 0 aromatic carbocycles. The van der Waals surface area contributed by atoms with Crippen molar-refractivity contribution >= 4 is 16.1 Å². The van der Waals surface area contributed by atoms with E-state index >= 15 is 0 Å². The maximum atomic E-state index is 12.3. The van der Waals surface area contributed by atoms with E-state index in [1.807, 2.05) is 17.7 Å². The van der Waals surface area contributed by atoms with Crippen molar-refractivity contribution < 1.29 is 13.2 Å². The van der Waals surface area contributed by atoms with Gasteiger partial charge in [-0.15, -0.1) is 0 Å². The first-order valence-electron chi connectivity index (χ1n) is 7.32. The molecule has 2 rings (SSSR count). The maximum Gasteiger partial charge on any atom is 0.317 e. The van der Waals surface area contributed by atoms with E-state index in [0.29, 0.717) is 19.6 Å². The number of hydrogen-bond donors (Lipinski definition) is 2. The fourth-order valence-corrected chi connectivity index (χ4v) is 3.42. The molecule has 8 nitrogen and oxygen atoms in total. The number of amides is 2. The van der Waals surface area contributed by atoms with E-state index in [1.54, 1.807) is 17.4 Å². The van der Waals surface area contributed by atoms with Crippen LogP contribution in [0.3, 0.4) is 0 Å². The molecule has 22 heavy (non-hydrogen) atoms. The van der Waals surface area contributed by atoms with Gasteiger partial charge >= 0.3 is 6.03 Å². The van der Waals surface area contributed by atoms with Gasteiger partial charge in [0.15, 0.2) is 0 Å². The second-order valence-electron chi connectivity index (χ2n) is 5.79. The number of nitrogens with one attached hydrogen (secondary N) is 2. The van der Waals surface area contributed by atoms with Crippen LogP contribution >= 0.6 is 0 Å². The fourth-order valence-electron chi connectivity index (χ4n) is 2.62. The molecule has 1 aliphatic heterocycles. The largest absolute Gasteiger partial charge is 0.335 e. The molecule has 0 aliphatic carbocycles. The van der Waals surface area contributed by atoms with Gasteiger partial charge in [0, 0.05) is 44.1 Å². The molecule has 1 fully saturated rings. The highest BCUT2D eigenvalue weighted by Crippen LogP contribution is 2.11. The van der Waals surface area contributed by atoms with Gasteiger partial charge in [-0.1, -0.05) is 0 Å². The van der Waals surface area contributed by atoms with E-state index in [2.05, 4.69) is 15.0 Å². The number of aromatic nitrogens is 2. The molecule has 0 radical (unpaired) electrons. The van der Waals surface area contributed by atoms with Crippen LogP contribution in [-0.2, 0) is 16.6 Å². The van der Waals surface area contributed by atoms with Crippen molar-refractivity contribution in [3.63, 3.8) is 0 Å². The van der Waals surface area contributed by atoms with Gasteiger partial charge < -0.3 is 14.8 Å². The van der Waals surface area contributed by atoms with E-state index in [1.165, 1.54) is 0 Å². The molecule has 1 aliphatic rings. The third-order valence-corrected chi connectivity index (χ3v) is 4.26. The molecule has 124 valence electrons. The Morgan fingerprint density at radius 3 is 2.91 bits per heavy atom. The Kier molecular flexibility index (Phi) is 5.41. The summed E-state index contributed by atoms with van der Waals surface area (Å²) in [6.07, 6.45) is 7.92. The lowest BCUT2D eigenvalue weighted by Gasteiger charge is -2.33. The van der Waals surface area contributed by atoms with Crippen LogP contribution in [0.1, 0.15) is 19.8 Å². The number of urea groups is 1. The molecule has 1 aromatic rings. The Bertz CT molecular complexity index is 587. The Balaban J connectivity index is 1.83. The first-order valence-corrected chi connectivity index (χ1v) is 9.21. The van der Waals surface area contributed by atoms with Crippen LogP contribution in [0.15, 0.2) is 18.7 Å². The number of hydrogen-bond acceptors (Lipinski definition) is 4. The van der Waals surface area contributed by atoms with Crippen molar-refractivity contribution in [2.45, 2.75) is 38.4 Å². The summed E-state index contributed by atoms with van der Waals surface area (Å²) in [4.78, 5) is 17.9. The van der Waals surface area contributed by atoms with Crippen LogP contribution in [0, 0.1) is 0 Å². The average Bonchev–Trinajstić information content (AvgIpc) is 2.89. The van der Waals surface area contributed by atoms with E-state index in [0.717, 1.165) is 19.1 Å². The SMILES string of the molecule is C[C@H](Cn1ccnc1)NC(=O)N1CCC[C@H](NS(C)(=O)=O)C1. The first kappa shape index (κ1) is 16.8. The van der Waals surface area contributed by atoms with Gasteiger partial charge in [-0.05, 0) is 19.8 Å². The van der Waals surface area contributed by atoms with Crippen LogP contribution in [0.2, 0.25) is 0 Å². The van der Waals surface area contributed by atoms with Crippen molar-refractivity contribution in [2.75, 3.05) is 19.3 Å². The van der Waals surface area contributed by atoms with E-state index in [4.69, 9.17) is 0 Å². The fraction of sp³-hybridized carbons (Fsp3) is 0.692. The number of carbonyl (C=O) groups excluding carboxylic acids is 1. The summed E-state index contributed by atoms with van der Waals surface area (Å²) in [5.74, 6) is 0. The minimum atomic E-state index is -3.25. The van der Waals surface area contributed by atoms with Crippen molar-refractivity contribution in [1.29, 1.82) is 0 Å². The number of rotatable bonds is 5. The molecule has 0 saturated carbocycles. The zero-order chi connectivity index (χ0) is 16.2. The lowest BCUT2D eigenvalue weighted by atomic mass is 10.1. The molecule has 2 heterocycles. The van der Waals surface area contributed by atoms with Crippen LogP contribution < -0.4 is 10.0 Å². The number of nitrogens with zero attached hydrogens (tertiary/aromatic N) is 3. The molecular formula is C13H23N5O3S. The van der Waals surface area contributed by atoms with Gasteiger partial charge in [-0.3, -0.25) is 0 Å². The molecule has 9 heteroatoms. The number of likely N-dealkylation sites (tertiary alicyclic amines) is 1. The molecule has 2 N–H and O–H groups in total. The average molecular weight is 329 g/mol. The minimum Gasteiger partial charge on any atom is -0.335 e. The number of piperidine rings is 1. The lowest BCUT2D eigenvalue weighted by Crippen LogP contribution is -2.53. The van der Waals surface area contributed by atoms with Gasteiger partial charge in [0.25, 0.3) is 0 Å². The molecule has 1 saturated heterocycles. The summed E-state index contributed by atoms with van der Waals surface area (Å²) in [6, 6.07) is -0.406. The number of carbonyl (C=O) groups is 1. The van der Waals surface area contributed by atoms with Crippen LogP contribution in [0.4, 0.5) is 4.79 Å². The summed E-state index contributed by atoms with van der Waals surface area (Å²) in [7, 11) is -3.25. The summed E-state index contributed by atoms with van der Waals surface area (Å²) in [6.45, 7) is 3.61. The zero-order valence-corrected chi connectivity index (χ0v) is 13.7. The summed E-state index contributed by atoms with van der Waals surface area (Å²) in [5.41, 5.74) is 0. The number of imidazole rings is 1. The quantitative estimate of drug-likeness (QED) is 0.794. The molecule has 0 bridgehead atoms. The van der Waals surface area contributed by atoms with Gasteiger partial charge in [0.05, 0.1) is 12.6 Å². The Hall–Kier alpha value is -1.61. The highest BCUT2D eigenvalue weighted by molar-refractivity contribution is 7.88. The van der Waals surface area contributed by atoms with Crippen molar-refractivity contribution in [3.05, 3.63) is 18.7 Å². The molecule has 1 aromatic heterocycles. The minimum absolute atomic E-state index is 0.0371. The third-order valence-electron chi connectivity index (χ3n) is 3.50. The van der Waals surface area contributed by atoms with Crippen molar-refractivity contribution in [1.82, 2.24) is 24.5 Å². The molecule has 0 spiro atoms. The highest BCUT2D eigenvalue weighted by atomic mass is 32.2. The monoisotopic (exact) mass is 329 g/mol. The highest BCUT2D eigenvalue weighted by Gasteiger charge is 2.26. The topological polar surface area (TPSA) is 96.3 Å². The molecular weight excluding hydrogens is 306 g/mol. The van der Waals surface area contributed by atoms with Gasteiger partial charge in [-0.25, -0.2) is 22.9 Å². The lowest BCUT2D eigenvalue weighted by molar-refractivity contribution is 0.173. The van der Waals surface area contributed by atoms with Crippen molar-refractivity contribution in [2.24, 2.45) is 0 Å². The molecule has 2 atom stereocenters. The normalized spacial score (nSPS) is 20.6. The Labute approximate surface area is 130 Å². The van der Waals surface area contributed by atoms with Gasteiger partial charge in [0.1, 0.15) is 0 Å². The van der Waals surface area contributed by atoms with E-state index in [-0.39, 0.29) is 18.1 Å². The Morgan fingerprint density at radius 2 is 2.27 bits per heavy atom. The van der Waals surface area contributed by atoms with Crippen molar-refractivity contribution in [3.8, 4) is 0 Å². The second kappa shape index (κ2) is 7.10. The summed E-state index contributed by atoms with van der Waals surface area (Å²) >= 11 is 0. The molecule has 2 amide bonds. The summed E-state index contributed by atoms with van der Waals surface area (Å²) in [5, 5.41) is 2.93. The van der Waals surface area contributed by atoms with Gasteiger partial charge in [0.2, 0.25) is 10.0 Å². The Morgan fingerprint density at radius 1 is 1.50 bits per heavy atom. The number of sulfonamides is 1. The zero-order valence-electron chi connectivity index (χ0n) is 12.9. The van der Waals surface area contributed by atoms with Crippen LogP contribution in [0.25, 0.3) is 0 Å². The van der Waals surface area contributed by atoms with Crippen LogP contribution in [-0.4, -0.2) is 60.3 Å². The predicted octanol–water partition coefficient (Wildman–Crippen LogP) is -0.00520. The first-order chi connectivity index (χ1) is 10.3. The third kappa shape index (κ3) is 5.30. The van der Waals surface area contributed by atoms with E-state index < -0.39 is 10.0 Å². The van der Waals surface area contributed by atoms with E-state index in [9.17, 15) is 13.2 Å². The standard InChI is InChI=1S/C13H23N5O3S/c1-11(8-17-7-5-14-10-17)15-13(19)18-6-3-4-12(9-18)16-22(2,20)21/h5,7,10-12,16H,3-4,6,8-9H2,1-2H3,(H,15,19)/t11-,12+/m1/s1.